The SMILES string of the molecule is N=C(N)c1cc2c(C=Cc3ccc(F)cc3)n[nH]c2cc1F. The molecule has 0 saturated heterocycles. The molecule has 0 fully saturated rings. The predicted octanol–water partition coefficient (Wildman–Crippen LogP) is 3.30. The molecule has 0 aliphatic heterocycles. The third-order valence-electron chi connectivity index (χ3n) is 3.27. The largest absolute Gasteiger partial charge is 0.384 e. The third kappa shape index (κ3) is 2.58. The monoisotopic (exact) mass is 298 g/mol. The third-order valence-corrected chi connectivity index (χ3v) is 3.27. The van der Waals surface area contributed by atoms with Crippen molar-refractivity contribution in [3.63, 3.8) is 0 Å². The van der Waals surface area contributed by atoms with Gasteiger partial charge in [0.05, 0.1) is 16.8 Å². The number of aromatic nitrogens is 2. The number of nitrogens with one attached hydrogen (secondary N) is 2. The van der Waals surface area contributed by atoms with Crippen LogP contribution in [0.5, 0.6) is 0 Å². The first-order valence-corrected chi connectivity index (χ1v) is 6.50. The average molecular weight is 298 g/mol. The van der Waals surface area contributed by atoms with Crippen LogP contribution in [0.2, 0.25) is 0 Å². The Morgan fingerprint density at radius 1 is 1.14 bits per heavy atom. The number of hydrogen-bond donors (Lipinski definition) is 3. The molecular formula is C16H12F2N4. The molecular weight excluding hydrogens is 286 g/mol. The lowest BCUT2D eigenvalue weighted by Crippen LogP contribution is -2.13. The lowest BCUT2D eigenvalue weighted by atomic mass is 10.1. The second-order valence-corrected chi connectivity index (χ2v) is 4.79. The Kier molecular flexibility index (Phi) is 3.42. The summed E-state index contributed by atoms with van der Waals surface area (Å²) in [4.78, 5) is 0. The molecule has 6 heteroatoms. The zero-order valence-corrected chi connectivity index (χ0v) is 11.4. The normalized spacial score (nSPS) is 11.4. The van der Waals surface area contributed by atoms with Crippen LogP contribution in [0.15, 0.2) is 36.4 Å². The van der Waals surface area contributed by atoms with Gasteiger partial charge in [0.25, 0.3) is 0 Å². The van der Waals surface area contributed by atoms with Gasteiger partial charge in [0.2, 0.25) is 0 Å². The number of hydrogen-bond acceptors (Lipinski definition) is 2. The molecule has 0 amide bonds. The topological polar surface area (TPSA) is 78.6 Å². The second-order valence-electron chi connectivity index (χ2n) is 4.79. The highest BCUT2D eigenvalue weighted by Gasteiger charge is 2.11. The molecule has 0 radical (unpaired) electrons. The van der Waals surface area contributed by atoms with E-state index in [0.717, 1.165) is 5.56 Å². The molecule has 0 saturated carbocycles. The molecule has 0 bridgehead atoms. The van der Waals surface area contributed by atoms with Gasteiger partial charge in [-0.15, -0.1) is 0 Å². The summed E-state index contributed by atoms with van der Waals surface area (Å²) in [6, 6.07) is 8.76. The van der Waals surface area contributed by atoms with Crippen LogP contribution in [0.3, 0.4) is 0 Å². The number of halogens is 2. The van der Waals surface area contributed by atoms with Gasteiger partial charge in [-0.2, -0.15) is 5.10 Å². The average Bonchev–Trinajstić information content (AvgIpc) is 2.87. The van der Waals surface area contributed by atoms with Gasteiger partial charge in [0, 0.05) is 11.5 Å². The molecule has 22 heavy (non-hydrogen) atoms. The molecule has 0 atom stereocenters. The predicted molar refractivity (Wildman–Crippen MR) is 82.4 cm³/mol. The van der Waals surface area contributed by atoms with E-state index in [1.54, 1.807) is 24.3 Å². The van der Waals surface area contributed by atoms with E-state index in [-0.39, 0.29) is 17.2 Å². The number of amidine groups is 1. The van der Waals surface area contributed by atoms with Gasteiger partial charge < -0.3 is 5.73 Å². The van der Waals surface area contributed by atoms with Crippen LogP contribution in [0.25, 0.3) is 23.1 Å². The highest BCUT2D eigenvalue weighted by atomic mass is 19.1. The van der Waals surface area contributed by atoms with E-state index < -0.39 is 5.82 Å². The molecule has 3 rings (SSSR count). The van der Waals surface area contributed by atoms with E-state index in [0.29, 0.717) is 16.6 Å². The Balaban J connectivity index is 2.02. The smallest absolute Gasteiger partial charge is 0.136 e. The Hall–Kier alpha value is -3.02. The summed E-state index contributed by atoms with van der Waals surface area (Å²) in [5.41, 5.74) is 7.31. The van der Waals surface area contributed by atoms with E-state index in [9.17, 15) is 8.78 Å². The van der Waals surface area contributed by atoms with Crippen molar-refractivity contribution in [1.29, 1.82) is 5.41 Å². The van der Waals surface area contributed by atoms with Crippen LogP contribution < -0.4 is 5.73 Å². The number of benzene rings is 2. The first-order chi connectivity index (χ1) is 10.5. The van der Waals surface area contributed by atoms with Crippen molar-refractivity contribution in [3.05, 3.63) is 64.9 Å². The van der Waals surface area contributed by atoms with Crippen molar-refractivity contribution in [3.8, 4) is 0 Å². The van der Waals surface area contributed by atoms with Crippen molar-refractivity contribution in [2.45, 2.75) is 0 Å². The summed E-state index contributed by atoms with van der Waals surface area (Å²) in [5.74, 6) is -1.21. The Morgan fingerprint density at radius 3 is 2.55 bits per heavy atom. The second kappa shape index (κ2) is 5.40. The van der Waals surface area contributed by atoms with Crippen LogP contribution in [0.4, 0.5) is 8.78 Å². The molecule has 0 aliphatic rings. The molecule has 110 valence electrons. The van der Waals surface area contributed by atoms with Crippen molar-refractivity contribution in [2.24, 2.45) is 5.73 Å². The summed E-state index contributed by atoms with van der Waals surface area (Å²) in [7, 11) is 0. The van der Waals surface area contributed by atoms with Crippen LogP contribution in [-0.4, -0.2) is 16.0 Å². The maximum absolute atomic E-state index is 13.7. The fourth-order valence-electron chi connectivity index (χ4n) is 2.14. The Labute approximate surface area is 124 Å². The quantitative estimate of drug-likeness (QED) is 0.512. The van der Waals surface area contributed by atoms with Crippen molar-refractivity contribution >= 4 is 28.9 Å². The van der Waals surface area contributed by atoms with Crippen LogP contribution in [-0.2, 0) is 0 Å². The van der Waals surface area contributed by atoms with Gasteiger partial charge in [0.1, 0.15) is 17.5 Å². The zero-order valence-electron chi connectivity index (χ0n) is 11.4. The summed E-state index contributed by atoms with van der Waals surface area (Å²) in [6.07, 6.45) is 3.50. The zero-order chi connectivity index (χ0) is 15.7. The van der Waals surface area contributed by atoms with Gasteiger partial charge in [0.15, 0.2) is 0 Å². The number of fused-ring (bicyclic) bond motifs is 1. The summed E-state index contributed by atoms with van der Waals surface area (Å²) >= 11 is 0. The molecule has 2 aromatic carbocycles. The van der Waals surface area contributed by atoms with Gasteiger partial charge in [-0.1, -0.05) is 18.2 Å². The molecule has 3 aromatic rings. The van der Waals surface area contributed by atoms with E-state index in [2.05, 4.69) is 10.2 Å². The van der Waals surface area contributed by atoms with E-state index in [4.69, 9.17) is 11.1 Å². The van der Waals surface area contributed by atoms with Gasteiger partial charge in [-0.3, -0.25) is 10.5 Å². The highest BCUT2D eigenvalue weighted by molar-refractivity contribution is 6.00. The number of rotatable bonds is 3. The van der Waals surface area contributed by atoms with Crippen molar-refractivity contribution in [1.82, 2.24) is 10.2 Å². The van der Waals surface area contributed by atoms with E-state index >= 15 is 0 Å². The van der Waals surface area contributed by atoms with Crippen LogP contribution in [0, 0.1) is 17.0 Å². The molecule has 4 nitrogen and oxygen atoms in total. The molecule has 0 aliphatic carbocycles. The first-order valence-electron chi connectivity index (χ1n) is 6.50. The Bertz CT molecular complexity index is 879. The fraction of sp³-hybridized carbons (Fsp3) is 0. The summed E-state index contributed by atoms with van der Waals surface area (Å²) < 4.78 is 26.6. The number of aromatic amines is 1. The maximum atomic E-state index is 13.7. The number of H-pyrrole nitrogens is 1. The molecule has 1 aromatic heterocycles. The summed E-state index contributed by atoms with van der Waals surface area (Å²) in [5, 5.41) is 14.9. The van der Waals surface area contributed by atoms with Crippen LogP contribution in [0.1, 0.15) is 16.8 Å². The van der Waals surface area contributed by atoms with Crippen LogP contribution >= 0.6 is 0 Å². The van der Waals surface area contributed by atoms with Gasteiger partial charge >= 0.3 is 0 Å². The molecule has 4 N–H and O–H groups in total. The fourth-order valence-corrected chi connectivity index (χ4v) is 2.14. The van der Waals surface area contributed by atoms with Gasteiger partial charge in [-0.25, -0.2) is 8.78 Å². The molecule has 1 heterocycles. The molecule has 0 spiro atoms. The summed E-state index contributed by atoms with van der Waals surface area (Å²) in [6.45, 7) is 0. The van der Waals surface area contributed by atoms with Gasteiger partial charge in [-0.05, 0) is 29.8 Å². The minimum atomic E-state index is -0.572. The minimum absolute atomic E-state index is 0.0327. The Morgan fingerprint density at radius 2 is 1.86 bits per heavy atom. The van der Waals surface area contributed by atoms with E-state index in [1.165, 1.54) is 24.3 Å². The lowest BCUT2D eigenvalue weighted by Gasteiger charge is -2.01. The van der Waals surface area contributed by atoms with Crippen molar-refractivity contribution in [2.75, 3.05) is 0 Å². The number of nitrogens with zero attached hydrogens (tertiary/aromatic N) is 1. The highest BCUT2D eigenvalue weighted by Crippen LogP contribution is 2.22. The molecule has 0 unspecified atom stereocenters. The lowest BCUT2D eigenvalue weighted by molar-refractivity contribution is 0.626. The van der Waals surface area contributed by atoms with E-state index in [1.807, 2.05) is 0 Å². The standard InChI is InChI=1S/C16H12F2N4/c17-10-4-1-9(2-5-10)3-6-14-12-7-11(16(19)20)13(18)8-15(12)22-21-14/h1-8H,(H3,19,20)(H,21,22). The number of nitrogen functional groups attached to an aromatic ring is 1. The number of nitrogens with two attached hydrogens (primary N) is 1. The van der Waals surface area contributed by atoms with Crippen molar-refractivity contribution < 1.29 is 8.78 Å². The minimum Gasteiger partial charge on any atom is -0.384 e. The first kappa shape index (κ1) is 13.9. The maximum Gasteiger partial charge on any atom is 0.136 e.